The highest BCUT2D eigenvalue weighted by molar-refractivity contribution is 6.35. The van der Waals surface area contributed by atoms with Crippen molar-refractivity contribution in [1.29, 1.82) is 0 Å². The van der Waals surface area contributed by atoms with Gasteiger partial charge >= 0.3 is 0 Å². The molecule has 1 aromatic carbocycles. The largest absolute Gasteiger partial charge is 0.449 e. The number of carbonyl (C=O) groups is 1. The van der Waals surface area contributed by atoms with E-state index in [4.69, 9.17) is 16.0 Å². The second-order valence-corrected chi connectivity index (χ2v) is 8.73. The number of benzene rings is 1. The van der Waals surface area contributed by atoms with Crippen LogP contribution in [0.3, 0.4) is 0 Å². The zero-order valence-corrected chi connectivity index (χ0v) is 14.7. The number of hydrogen-bond donors (Lipinski definition) is 1. The van der Waals surface area contributed by atoms with Gasteiger partial charge in [0.15, 0.2) is 11.3 Å². The fourth-order valence-corrected chi connectivity index (χ4v) is 6.20. The highest BCUT2D eigenvalue weighted by Gasteiger charge is 2.51. The van der Waals surface area contributed by atoms with Crippen molar-refractivity contribution in [3.8, 4) is 0 Å². The molecule has 1 N–H and O–H groups in total. The van der Waals surface area contributed by atoms with Gasteiger partial charge in [0.1, 0.15) is 0 Å². The van der Waals surface area contributed by atoms with Crippen LogP contribution in [0.4, 0.5) is 0 Å². The van der Waals surface area contributed by atoms with Crippen molar-refractivity contribution in [2.75, 3.05) is 0 Å². The van der Waals surface area contributed by atoms with Crippen molar-refractivity contribution < 1.29 is 9.21 Å². The standard InChI is InChI=1S/C20H22ClNO2/c1-11-15-3-2-4-16(21)18(15)24-17(11)19(23)22-20-8-12-5-13(9-20)7-14(6-12)10-20/h2-4,12-14H,5-10H2,1H3,(H,22,23). The number of carbonyl (C=O) groups excluding carboxylic acids is 1. The molecule has 4 bridgehead atoms. The molecule has 4 saturated carbocycles. The molecule has 0 aliphatic heterocycles. The quantitative estimate of drug-likeness (QED) is 0.824. The predicted octanol–water partition coefficient (Wildman–Crippen LogP) is 5.09. The predicted molar refractivity (Wildman–Crippen MR) is 94.3 cm³/mol. The summed E-state index contributed by atoms with van der Waals surface area (Å²) in [5.74, 6) is 2.78. The van der Waals surface area contributed by atoms with E-state index in [2.05, 4.69) is 5.32 Å². The molecule has 4 heteroatoms. The molecule has 1 heterocycles. The van der Waals surface area contributed by atoms with E-state index in [0.29, 0.717) is 16.4 Å². The minimum absolute atomic E-state index is 0.00103. The number of nitrogens with one attached hydrogen (secondary N) is 1. The second kappa shape index (κ2) is 5.01. The van der Waals surface area contributed by atoms with Gasteiger partial charge in [0.25, 0.3) is 5.91 Å². The minimum Gasteiger partial charge on any atom is -0.449 e. The Morgan fingerprint density at radius 1 is 1.17 bits per heavy atom. The topological polar surface area (TPSA) is 42.2 Å². The van der Waals surface area contributed by atoms with Crippen LogP contribution in [0.2, 0.25) is 5.02 Å². The Balaban J connectivity index is 1.47. The van der Waals surface area contributed by atoms with Gasteiger partial charge in [-0.1, -0.05) is 23.7 Å². The van der Waals surface area contributed by atoms with Gasteiger partial charge in [-0.25, -0.2) is 0 Å². The molecule has 1 amide bonds. The Bertz CT molecular complexity index is 802. The summed E-state index contributed by atoms with van der Waals surface area (Å²) in [7, 11) is 0. The molecule has 0 saturated heterocycles. The number of furan rings is 1. The molecular weight excluding hydrogens is 322 g/mol. The molecule has 0 radical (unpaired) electrons. The lowest BCUT2D eigenvalue weighted by atomic mass is 9.53. The molecule has 126 valence electrons. The molecule has 4 fully saturated rings. The van der Waals surface area contributed by atoms with Crippen molar-refractivity contribution in [1.82, 2.24) is 5.32 Å². The summed E-state index contributed by atoms with van der Waals surface area (Å²) < 4.78 is 5.86. The first-order valence-corrected chi connectivity index (χ1v) is 9.41. The molecular formula is C20H22ClNO2. The van der Waals surface area contributed by atoms with E-state index in [-0.39, 0.29) is 11.4 Å². The van der Waals surface area contributed by atoms with E-state index in [9.17, 15) is 4.79 Å². The molecule has 0 spiro atoms. The van der Waals surface area contributed by atoms with Crippen molar-refractivity contribution in [3.63, 3.8) is 0 Å². The number of para-hydroxylation sites is 1. The van der Waals surface area contributed by atoms with Crippen LogP contribution in [0.1, 0.15) is 54.6 Å². The van der Waals surface area contributed by atoms with Crippen molar-refractivity contribution in [3.05, 3.63) is 34.5 Å². The summed E-state index contributed by atoms with van der Waals surface area (Å²) >= 11 is 6.22. The van der Waals surface area contributed by atoms with Crippen LogP contribution in [0.5, 0.6) is 0 Å². The fourth-order valence-electron chi connectivity index (χ4n) is 5.99. The zero-order chi connectivity index (χ0) is 16.5. The van der Waals surface area contributed by atoms with Gasteiger partial charge in [-0.3, -0.25) is 4.79 Å². The highest BCUT2D eigenvalue weighted by atomic mass is 35.5. The Morgan fingerprint density at radius 2 is 1.79 bits per heavy atom. The van der Waals surface area contributed by atoms with Gasteiger partial charge < -0.3 is 9.73 Å². The Labute approximate surface area is 146 Å². The first-order chi connectivity index (χ1) is 11.5. The second-order valence-electron chi connectivity index (χ2n) is 8.32. The summed E-state index contributed by atoms with van der Waals surface area (Å²) in [6.07, 6.45) is 7.54. The van der Waals surface area contributed by atoms with E-state index >= 15 is 0 Å². The van der Waals surface area contributed by atoms with E-state index < -0.39 is 0 Å². The first kappa shape index (κ1) is 14.8. The highest BCUT2D eigenvalue weighted by Crippen LogP contribution is 2.55. The van der Waals surface area contributed by atoms with Crippen molar-refractivity contribution in [2.45, 2.75) is 51.0 Å². The number of aryl methyl sites for hydroxylation is 1. The molecule has 3 nitrogen and oxygen atoms in total. The van der Waals surface area contributed by atoms with E-state index in [1.54, 1.807) is 6.07 Å². The lowest BCUT2D eigenvalue weighted by molar-refractivity contribution is -0.0171. The number of rotatable bonds is 2. The summed E-state index contributed by atoms with van der Waals surface area (Å²) in [4.78, 5) is 13.0. The lowest BCUT2D eigenvalue weighted by Gasteiger charge is -2.56. The smallest absolute Gasteiger partial charge is 0.287 e. The van der Waals surface area contributed by atoms with Crippen LogP contribution < -0.4 is 5.32 Å². The third-order valence-corrected chi connectivity index (χ3v) is 6.84. The molecule has 4 aliphatic carbocycles. The number of halogens is 1. The molecule has 1 aromatic heterocycles. The average molecular weight is 344 g/mol. The lowest BCUT2D eigenvalue weighted by Crippen LogP contribution is -2.59. The Hall–Kier alpha value is -1.48. The van der Waals surface area contributed by atoms with Crippen LogP contribution in [0.25, 0.3) is 11.0 Å². The Morgan fingerprint density at radius 3 is 2.38 bits per heavy atom. The molecule has 24 heavy (non-hydrogen) atoms. The van der Waals surface area contributed by atoms with E-state index in [1.807, 2.05) is 19.1 Å². The first-order valence-electron chi connectivity index (χ1n) is 9.03. The third-order valence-electron chi connectivity index (χ3n) is 6.54. The summed E-state index contributed by atoms with van der Waals surface area (Å²) in [6, 6.07) is 5.66. The maximum absolute atomic E-state index is 13.0. The number of amides is 1. The number of hydrogen-bond acceptors (Lipinski definition) is 2. The van der Waals surface area contributed by atoms with Crippen molar-refractivity contribution >= 4 is 28.5 Å². The molecule has 6 rings (SSSR count). The van der Waals surface area contributed by atoms with Crippen LogP contribution in [-0.2, 0) is 0 Å². The average Bonchev–Trinajstić information content (AvgIpc) is 2.84. The number of fused-ring (bicyclic) bond motifs is 1. The molecule has 0 atom stereocenters. The van der Waals surface area contributed by atoms with E-state index in [0.717, 1.165) is 48.0 Å². The molecule has 4 aliphatic rings. The monoisotopic (exact) mass is 343 g/mol. The fraction of sp³-hybridized carbons (Fsp3) is 0.550. The van der Waals surface area contributed by atoms with Crippen LogP contribution in [-0.4, -0.2) is 11.4 Å². The van der Waals surface area contributed by atoms with Gasteiger partial charge in [0.05, 0.1) is 5.02 Å². The van der Waals surface area contributed by atoms with Gasteiger partial charge in [0.2, 0.25) is 0 Å². The summed E-state index contributed by atoms with van der Waals surface area (Å²) in [5.41, 5.74) is 1.50. The van der Waals surface area contributed by atoms with Gasteiger partial charge in [-0.2, -0.15) is 0 Å². The summed E-state index contributed by atoms with van der Waals surface area (Å²) in [5, 5.41) is 4.87. The van der Waals surface area contributed by atoms with Crippen LogP contribution in [0, 0.1) is 24.7 Å². The summed E-state index contributed by atoms with van der Waals surface area (Å²) in [6.45, 7) is 1.94. The SMILES string of the molecule is Cc1c(C(=O)NC23CC4CC(CC(C4)C2)C3)oc2c(Cl)cccc12. The minimum atomic E-state index is -0.0679. The van der Waals surface area contributed by atoms with Crippen LogP contribution in [0.15, 0.2) is 22.6 Å². The molecule has 2 aromatic rings. The maximum atomic E-state index is 13.0. The van der Waals surface area contributed by atoms with Gasteiger partial charge in [0, 0.05) is 16.5 Å². The Kier molecular flexibility index (Phi) is 3.10. The normalized spacial score (nSPS) is 34.0. The zero-order valence-electron chi connectivity index (χ0n) is 13.9. The van der Waals surface area contributed by atoms with Gasteiger partial charge in [-0.05, 0) is 69.3 Å². The van der Waals surface area contributed by atoms with Gasteiger partial charge in [-0.15, -0.1) is 0 Å². The maximum Gasteiger partial charge on any atom is 0.287 e. The third kappa shape index (κ3) is 2.13. The van der Waals surface area contributed by atoms with E-state index in [1.165, 1.54) is 19.3 Å². The molecule has 0 unspecified atom stereocenters. The van der Waals surface area contributed by atoms with Crippen LogP contribution >= 0.6 is 11.6 Å². The van der Waals surface area contributed by atoms with Crippen molar-refractivity contribution in [2.24, 2.45) is 17.8 Å².